The van der Waals surface area contributed by atoms with Gasteiger partial charge in [-0.25, -0.2) is 4.79 Å². The summed E-state index contributed by atoms with van der Waals surface area (Å²) >= 11 is 0. The molecule has 1 aromatic carbocycles. The maximum atomic E-state index is 12.0. The first kappa shape index (κ1) is 14.8. The zero-order valence-corrected chi connectivity index (χ0v) is 12.0. The Hall–Kier alpha value is -2.57. The van der Waals surface area contributed by atoms with Crippen LogP contribution < -0.4 is 16.4 Å². The first-order valence-corrected chi connectivity index (χ1v) is 6.60. The minimum atomic E-state index is -0.919. The van der Waals surface area contributed by atoms with Gasteiger partial charge in [0.1, 0.15) is 5.54 Å². The van der Waals surface area contributed by atoms with E-state index in [1.54, 1.807) is 38.1 Å². The van der Waals surface area contributed by atoms with E-state index in [0.29, 0.717) is 11.4 Å². The van der Waals surface area contributed by atoms with Crippen molar-refractivity contribution < 1.29 is 14.4 Å². The van der Waals surface area contributed by atoms with E-state index >= 15 is 0 Å². The molecule has 7 heteroatoms. The lowest BCUT2D eigenvalue weighted by atomic mass is 10.1. The van der Waals surface area contributed by atoms with Crippen LogP contribution >= 0.6 is 0 Å². The van der Waals surface area contributed by atoms with Gasteiger partial charge in [-0.15, -0.1) is 0 Å². The van der Waals surface area contributed by atoms with Crippen LogP contribution in [-0.2, 0) is 9.59 Å². The number of rotatable bonds is 4. The van der Waals surface area contributed by atoms with Gasteiger partial charge in [0.15, 0.2) is 0 Å². The number of carbonyl (C=O) groups excluding carboxylic acids is 3. The van der Waals surface area contributed by atoms with Gasteiger partial charge in [-0.05, 0) is 26.0 Å². The summed E-state index contributed by atoms with van der Waals surface area (Å²) in [4.78, 5) is 36.5. The molecule has 0 atom stereocenters. The third-order valence-corrected chi connectivity index (χ3v) is 3.24. The quantitative estimate of drug-likeness (QED) is 0.566. The monoisotopic (exact) mass is 290 g/mol. The molecule has 112 valence electrons. The topological polar surface area (TPSA) is 105 Å². The van der Waals surface area contributed by atoms with Crippen molar-refractivity contribution in [3.8, 4) is 0 Å². The minimum Gasteiger partial charge on any atom is -0.397 e. The Morgan fingerprint density at radius 2 is 2.00 bits per heavy atom. The van der Waals surface area contributed by atoms with Crippen LogP contribution in [0.1, 0.15) is 20.3 Å². The fourth-order valence-electron chi connectivity index (χ4n) is 2.06. The van der Waals surface area contributed by atoms with Gasteiger partial charge in [0.2, 0.25) is 5.91 Å². The second-order valence-electron chi connectivity index (χ2n) is 5.40. The van der Waals surface area contributed by atoms with Crippen molar-refractivity contribution in [2.45, 2.75) is 25.8 Å². The average Bonchev–Trinajstić information content (AvgIpc) is 2.59. The van der Waals surface area contributed by atoms with Crippen LogP contribution in [-0.4, -0.2) is 34.8 Å². The van der Waals surface area contributed by atoms with Gasteiger partial charge >= 0.3 is 6.03 Å². The Bertz CT molecular complexity index is 598. The standard InChI is InChI=1S/C14H18N4O3/c1-14(2)12(20)18(13(21)17-14)8-7-11(19)16-10-6-4-3-5-9(10)15/h3-6H,7-8,15H2,1-2H3,(H,16,19)(H,17,21). The highest BCUT2D eigenvalue weighted by atomic mass is 16.2. The van der Waals surface area contributed by atoms with Crippen molar-refractivity contribution in [1.82, 2.24) is 10.2 Å². The Kier molecular flexibility index (Phi) is 3.84. The molecule has 1 fully saturated rings. The molecule has 1 aliphatic rings. The summed E-state index contributed by atoms with van der Waals surface area (Å²) in [5.74, 6) is -0.641. The fraction of sp³-hybridized carbons (Fsp3) is 0.357. The maximum absolute atomic E-state index is 12.0. The van der Waals surface area contributed by atoms with Gasteiger partial charge in [-0.1, -0.05) is 12.1 Å². The molecule has 2 rings (SSSR count). The summed E-state index contributed by atoms with van der Waals surface area (Å²) in [6.45, 7) is 3.28. The van der Waals surface area contributed by atoms with E-state index in [-0.39, 0.29) is 24.8 Å². The predicted octanol–water partition coefficient (Wildman–Crippen LogP) is 0.928. The van der Waals surface area contributed by atoms with Crippen LogP contribution in [0.3, 0.4) is 0 Å². The molecule has 1 aliphatic heterocycles. The summed E-state index contributed by atoms with van der Waals surface area (Å²) < 4.78 is 0. The SMILES string of the molecule is CC1(C)NC(=O)N(CCC(=O)Nc2ccccc2N)C1=O. The van der Waals surface area contributed by atoms with Crippen molar-refractivity contribution >= 4 is 29.2 Å². The lowest BCUT2D eigenvalue weighted by Gasteiger charge is -2.15. The van der Waals surface area contributed by atoms with Crippen molar-refractivity contribution in [1.29, 1.82) is 0 Å². The van der Waals surface area contributed by atoms with E-state index in [1.165, 1.54) is 0 Å². The number of imide groups is 1. The molecule has 0 aliphatic carbocycles. The third-order valence-electron chi connectivity index (χ3n) is 3.24. The maximum Gasteiger partial charge on any atom is 0.325 e. The van der Waals surface area contributed by atoms with Crippen molar-refractivity contribution in [2.24, 2.45) is 0 Å². The minimum absolute atomic E-state index is 0.0174. The Morgan fingerprint density at radius 1 is 1.33 bits per heavy atom. The molecule has 0 spiro atoms. The van der Waals surface area contributed by atoms with Crippen LogP contribution in [0.4, 0.5) is 16.2 Å². The highest BCUT2D eigenvalue weighted by Gasteiger charge is 2.43. The van der Waals surface area contributed by atoms with Gasteiger partial charge in [-0.3, -0.25) is 14.5 Å². The van der Waals surface area contributed by atoms with Crippen molar-refractivity contribution in [3.63, 3.8) is 0 Å². The van der Waals surface area contributed by atoms with Gasteiger partial charge < -0.3 is 16.4 Å². The summed E-state index contributed by atoms with van der Waals surface area (Å²) in [5.41, 5.74) is 5.78. The van der Waals surface area contributed by atoms with E-state index in [0.717, 1.165) is 4.90 Å². The highest BCUT2D eigenvalue weighted by molar-refractivity contribution is 6.06. The average molecular weight is 290 g/mol. The number of nitrogens with one attached hydrogen (secondary N) is 2. The van der Waals surface area contributed by atoms with E-state index in [1.807, 2.05) is 0 Å². The van der Waals surface area contributed by atoms with E-state index < -0.39 is 11.6 Å². The van der Waals surface area contributed by atoms with Gasteiger partial charge in [0.05, 0.1) is 11.4 Å². The van der Waals surface area contributed by atoms with Crippen molar-refractivity contribution in [3.05, 3.63) is 24.3 Å². The molecule has 7 nitrogen and oxygen atoms in total. The lowest BCUT2D eigenvalue weighted by Crippen LogP contribution is -2.40. The van der Waals surface area contributed by atoms with Crippen LogP contribution in [0.15, 0.2) is 24.3 Å². The summed E-state index contributed by atoms with van der Waals surface area (Å²) in [6, 6.07) is 6.41. The number of nitrogens with zero attached hydrogens (tertiary/aromatic N) is 1. The number of hydrogen-bond donors (Lipinski definition) is 3. The molecule has 1 heterocycles. The highest BCUT2D eigenvalue weighted by Crippen LogP contribution is 2.18. The Labute approximate surface area is 122 Å². The molecule has 0 radical (unpaired) electrons. The molecule has 4 amide bonds. The number of carbonyl (C=O) groups is 3. The smallest absolute Gasteiger partial charge is 0.325 e. The molecule has 0 unspecified atom stereocenters. The number of nitrogen functional groups attached to an aromatic ring is 1. The fourth-order valence-corrected chi connectivity index (χ4v) is 2.06. The number of urea groups is 1. The molecule has 4 N–H and O–H groups in total. The first-order chi connectivity index (χ1) is 9.81. The number of para-hydroxylation sites is 2. The second kappa shape index (κ2) is 5.43. The third kappa shape index (κ3) is 3.13. The van der Waals surface area contributed by atoms with E-state index in [9.17, 15) is 14.4 Å². The zero-order chi connectivity index (χ0) is 15.6. The Morgan fingerprint density at radius 3 is 2.57 bits per heavy atom. The van der Waals surface area contributed by atoms with Gasteiger partial charge in [0.25, 0.3) is 5.91 Å². The molecule has 0 bridgehead atoms. The summed E-state index contributed by atoms with van der Waals surface area (Å²) in [5, 5.41) is 5.21. The summed E-state index contributed by atoms with van der Waals surface area (Å²) in [6.07, 6.45) is 0.0174. The number of anilines is 2. The van der Waals surface area contributed by atoms with E-state index in [2.05, 4.69) is 10.6 Å². The molecule has 1 aromatic rings. The van der Waals surface area contributed by atoms with Crippen LogP contribution in [0, 0.1) is 0 Å². The largest absolute Gasteiger partial charge is 0.397 e. The number of amides is 4. The van der Waals surface area contributed by atoms with Crippen molar-refractivity contribution in [2.75, 3.05) is 17.6 Å². The van der Waals surface area contributed by atoms with Gasteiger partial charge in [-0.2, -0.15) is 0 Å². The number of nitrogens with two attached hydrogens (primary N) is 1. The van der Waals surface area contributed by atoms with E-state index in [4.69, 9.17) is 5.73 Å². The van der Waals surface area contributed by atoms with Crippen LogP contribution in [0.2, 0.25) is 0 Å². The summed E-state index contributed by atoms with van der Waals surface area (Å²) in [7, 11) is 0. The Balaban J connectivity index is 1.92. The zero-order valence-electron chi connectivity index (χ0n) is 12.0. The van der Waals surface area contributed by atoms with Gasteiger partial charge in [0, 0.05) is 13.0 Å². The molecular formula is C14H18N4O3. The predicted molar refractivity (Wildman–Crippen MR) is 78.4 cm³/mol. The van der Waals surface area contributed by atoms with Crippen LogP contribution in [0.25, 0.3) is 0 Å². The number of hydrogen-bond acceptors (Lipinski definition) is 4. The van der Waals surface area contributed by atoms with Crippen LogP contribution in [0.5, 0.6) is 0 Å². The number of benzene rings is 1. The molecule has 1 saturated heterocycles. The first-order valence-electron chi connectivity index (χ1n) is 6.60. The molecule has 0 saturated carbocycles. The second-order valence-corrected chi connectivity index (χ2v) is 5.40. The molecule has 0 aromatic heterocycles. The normalized spacial score (nSPS) is 16.8. The lowest BCUT2D eigenvalue weighted by molar-refractivity contribution is -0.130. The molecular weight excluding hydrogens is 272 g/mol. The molecule has 21 heavy (non-hydrogen) atoms.